The summed E-state index contributed by atoms with van der Waals surface area (Å²) in [6.45, 7) is 4.87. The Hall–Kier alpha value is -2.18. The molecule has 2 aromatic heterocycles. The summed E-state index contributed by atoms with van der Waals surface area (Å²) in [7, 11) is 1.59. The Balaban J connectivity index is 1.61. The largest absolute Gasteiger partial charge is 0.490 e. The molecule has 6 nitrogen and oxygen atoms in total. The highest BCUT2D eigenvalue weighted by Gasteiger charge is 2.24. The van der Waals surface area contributed by atoms with Crippen LogP contribution in [0.25, 0.3) is 21.9 Å². The number of hydrogen-bond acceptors (Lipinski definition) is 6. The van der Waals surface area contributed by atoms with Gasteiger partial charge in [-0.3, -0.25) is 0 Å². The van der Waals surface area contributed by atoms with Crippen molar-refractivity contribution in [3.05, 3.63) is 24.2 Å². The first kappa shape index (κ1) is 17.2. The third kappa shape index (κ3) is 3.04. The monoisotopic (exact) mass is 359 g/mol. The molecule has 0 radical (unpaired) electrons. The lowest BCUT2D eigenvalue weighted by molar-refractivity contribution is 0.0614. The zero-order chi connectivity index (χ0) is 18.1. The van der Waals surface area contributed by atoms with Crippen LogP contribution >= 0.6 is 0 Å². The lowest BCUT2D eigenvalue weighted by Crippen LogP contribution is -2.38. The SMILES string of the molecule is COc1c(OC[C@H](O)CN2CCCCC2)c2c(C)coc2c2ccoc12. The maximum atomic E-state index is 10.4. The molecule has 4 rings (SSSR count). The number of aliphatic hydroxyl groups is 1. The Kier molecular flexibility index (Phi) is 4.78. The topological polar surface area (TPSA) is 68.2 Å². The lowest BCUT2D eigenvalue weighted by Gasteiger charge is -2.28. The van der Waals surface area contributed by atoms with Crippen molar-refractivity contribution in [2.24, 2.45) is 0 Å². The summed E-state index contributed by atoms with van der Waals surface area (Å²) < 4.78 is 22.9. The van der Waals surface area contributed by atoms with E-state index in [-0.39, 0.29) is 6.61 Å². The Labute approximate surface area is 152 Å². The molecule has 1 atom stereocenters. The Morgan fingerprint density at radius 2 is 1.96 bits per heavy atom. The molecule has 3 heterocycles. The second kappa shape index (κ2) is 7.21. The molecule has 0 saturated carbocycles. The zero-order valence-corrected chi connectivity index (χ0v) is 15.3. The van der Waals surface area contributed by atoms with Crippen LogP contribution < -0.4 is 9.47 Å². The molecule has 1 aliphatic heterocycles. The van der Waals surface area contributed by atoms with Gasteiger partial charge in [-0.05, 0) is 44.5 Å². The van der Waals surface area contributed by atoms with Crippen LogP contribution in [0, 0.1) is 6.92 Å². The maximum Gasteiger partial charge on any atom is 0.205 e. The number of fused-ring (bicyclic) bond motifs is 3. The van der Waals surface area contributed by atoms with Crippen LogP contribution in [0.3, 0.4) is 0 Å². The second-order valence-electron chi connectivity index (χ2n) is 6.97. The summed E-state index contributed by atoms with van der Waals surface area (Å²) in [5, 5.41) is 12.2. The van der Waals surface area contributed by atoms with Crippen LogP contribution in [-0.4, -0.2) is 49.5 Å². The molecular weight excluding hydrogens is 334 g/mol. The van der Waals surface area contributed by atoms with Crippen molar-refractivity contribution in [1.82, 2.24) is 4.90 Å². The van der Waals surface area contributed by atoms with Gasteiger partial charge >= 0.3 is 0 Å². The average molecular weight is 359 g/mol. The first-order valence-electron chi connectivity index (χ1n) is 9.17. The van der Waals surface area contributed by atoms with E-state index in [1.165, 1.54) is 19.3 Å². The number of furan rings is 2. The Morgan fingerprint density at radius 3 is 2.73 bits per heavy atom. The number of methoxy groups -OCH3 is 1. The third-order valence-electron chi connectivity index (χ3n) is 5.07. The summed E-state index contributed by atoms with van der Waals surface area (Å²) in [5.41, 5.74) is 2.27. The minimum atomic E-state index is -0.563. The number of aryl methyl sites for hydroxylation is 1. The molecule has 26 heavy (non-hydrogen) atoms. The second-order valence-corrected chi connectivity index (χ2v) is 6.97. The van der Waals surface area contributed by atoms with Gasteiger partial charge in [0.05, 0.1) is 30.4 Å². The van der Waals surface area contributed by atoms with Gasteiger partial charge in [0.2, 0.25) is 5.75 Å². The third-order valence-corrected chi connectivity index (χ3v) is 5.07. The highest BCUT2D eigenvalue weighted by Crippen LogP contribution is 2.45. The predicted octanol–water partition coefficient (Wildman–Crippen LogP) is 3.72. The predicted molar refractivity (Wildman–Crippen MR) is 99.1 cm³/mol. The molecule has 1 aromatic carbocycles. The molecule has 0 aliphatic carbocycles. The Morgan fingerprint density at radius 1 is 1.15 bits per heavy atom. The van der Waals surface area contributed by atoms with Gasteiger partial charge in [0, 0.05) is 6.54 Å². The van der Waals surface area contributed by atoms with E-state index in [1.54, 1.807) is 19.6 Å². The van der Waals surface area contributed by atoms with Gasteiger partial charge in [-0.25, -0.2) is 0 Å². The van der Waals surface area contributed by atoms with Crippen LogP contribution in [0.2, 0.25) is 0 Å². The number of benzene rings is 1. The van der Waals surface area contributed by atoms with Gasteiger partial charge < -0.3 is 28.3 Å². The van der Waals surface area contributed by atoms with Gasteiger partial charge in [-0.2, -0.15) is 0 Å². The van der Waals surface area contributed by atoms with E-state index in [4.69, 9.17) is 18.3 Å². The van der Waals surface area contributed by atoms with Crippen molar-refractivity contribution in [2.75, 3.05) is 33.4 Å². The lowest BCUT2D eigenvalue weighted by atomic mass is 10.1. The normalized spacial score (nSPS) is 17.0. The standard InChI is InChI=1S/C20H25NO5/c1-13-11-25-17-15-6-9-24-18(15)20(23-2)19(16(13)17)26-12-14(22)10-21-7-4-3-5-8-21/h6,9,11,14,22H,3-5,7-8,10,12H2,1-2H3/t14-/m1/s1. The van der Waals surface area contributed by atoms with Crippen molar-refractivity contribution in [3.63, 3.8) is 0 Å². The number of nitrogens with zero attached hydrogens (tertiary/aromatic N) is 1. The number of rotatable bonds is 6. The summed E-state index contributed by atoms with van der Waals surface area (Å²) in [6.07, 6.45) is 6.43. The van der Waals surface area contributed by atoms with Crippen molar-refractivity contribution >= 4 is 21.9 Å². The van der Waals surface area contributed by atoms with Crippen molar-refractivity contribution < 1.29 is 23.4 Å². The van der Waals surface area contributed by atoms with E-state index in [2.05, 4.69) is 4.90 Å². The van der Waals surface area contributed by atoms with Gasteiger partial charge in [0.1, 0.15) is 18.3 Å². The zero-order valence-electron chi connectivity index (χ0n) is 15.3. The molecule has 1 saturated heterocycles. The first-order chi connectivity index (χ1) is 12.7. The van der Waals surface area contributed by atoms with E-state index in [0.29, 0.717) is 29.2 Å². The first-order valence-corrected chi connectivity index (χ1v) is 9.17. The van der Waals surface area contributed by atoms with E-state index in [9.17, 15) is 5.11 Å². The smallest absolute Gasteiger partial charge is 0.205 e. The molecule has 1 fully saturated rings. The number of ether oxygens (including phenoxy) is 2. The van der Waals surface area contributed by atoms with Gasteiger partial charge in [-0.1, -0.05) is 6.42 Å². The minimum Gasteiger partial charge on any atom is -0.490 e. The van der Waals surface area contributed by atoms with Gasteiger partial charge in [-0.15, -0.1) is 0 Å². The molecule has 0 spiro atoms. The number of β-amino-alcohol motifs (C(OH)–C–C–N with tert-alkyl or cyclic N) is 1. The molecule has 6 heteroatoms. The maximum absolute atomic E-state index is 10.4. The molecule has 0 bridgehead atoms. The Bertz CT molecular complexity index is 891. The van der Waals surface area contributed by atoms with E-state index >= 15 is 0 Å². The fourth-order valence-corrected chi connectivity index (χ4v) is 3.80. The summed E-state index contributed by atoms with van der Waals surface area (Å²) in [5.74, 6) is 1.10. The molecule has 1 aliphatic rings. The molecule has 3 aromatic rings. The van der Waals surface area contributed by atoms with Gasteiger partial charge in [0.25, 0.3) is 0 Å². The average Bonchev–Trinajstić information content (AvgIpc) is 3.27. The quantitative estimate of drug-likeness (QED) is 0.723. The number of aliphatic hydroxyl groups excluding tert-OH is 1. The van der Waals surface area contributed by atoms with Crippen molar-refractivity contribution in [1.29, 1.82) is 0 Å². The van der Waals surface area contributed by atoms with Crippen LogP contribution in [0.15, 0.2) is 27.4 Å². The molecule has 0 amide bonds. The molecule has 0 unspecified atom stereocenters. The molecule has 140 valence electrons. The number of piperidine rings is 1. The van der Waals surface area contributed by atoms with Crippen LogP contribution in [0.1, 0.15) is 24.8 Å². The van der Waals surface area contributed by atoms with Crippen molar-refractivity contribution in [2.45, 2.75) is 32.3 Å². The van der Waals surface area contributed by atoms with Crippen LogP contribution in [0.4, 0.5) is 0 Å². The highest BCUT2D eigenvalue weighted by molar-refractivity contribution is 6.10. The molecular formula is C20H25NO5. The van der Waals surface area contributed by atoms with E-state index in [0.717, 1.165) is 29.4 Å². The van der Waals surface area contributed by atoms with E-state index in [1.807, 2.05) is 13.0 Å². The number of likely N-dealkylation sites (tertiary alicyclic amines) is 1. The van der Waals surface area contributed by atoms with Crippen molar-refractivity contribution in [3.8, 4) is 11.5 Å². The summed E-state index contributed by atoms with van der Waals surface area (Å²) in [6, 6.07) is 1.86. The van der Waals surface area contributed by atoms with E-state index < -0.39 is 6.10 Å². The summed E-state index contributed by atoms with van der Waals surface area (Å²) in [4.78, 5) is 2.29. The molecule has 1 N–H and O–H groups in total. The minimum absolute atomic E-state index is 0.193. The van der Waals surface area contributed by atoms with Gasteiger partial charge in [0.15, 0.2) is 11.3 Å². The van der Waals surface area contributed by atoms with Crippen LogP contribution in [0.5, 0.6) is 11.5 Å². The fraction of sp³-hybridized carbons (Fsp3) is 0.500. The number of hydrogen-bond donors (Lipinski definition) is 1. The summed E-state index contributed by atoms with van der Waals surface area (Å²) >= 11 is 0. The fourth-order valence-electron chi connectivity index (χ4n) is 3.80. The highest BCUT2D eigenvalue weighted by atomic mass is 16.5. The van der Waals surface area contributed by atoms with Crippen LogP contribution in [-0.2, 0) is 0 Å².